The number of esters is 1. The number of aryl methyl sites for hydroxylation is 1. The molecule has 0 N–H and O–H groups in total. The van der Waals surface area contributed by atoms with Crippen molar-refractivity contribution in [3.63, 3.8) is 0 Å². The quantitative estimate of drug-likeness (QED) is 0.286. The molecular formula is C30H25N3O3S2. The summed E-state index contributed by atoms with van der Waals surface area (Å²) in [5.41, 5.74) is 3.66. The number of rotatable bonds is 6. The summed E-state index contributed by atoms with van der Waals surface area (Å²) in [5.74, 6) is -0.464. The van der Waals surface area contributed by atoms with Gasteiger partial charge in [-0.25, -0.2) is 9.79 Å². The average Bonchev–Trinajstić information content (AvgIpc) is 3.67. The number of thiophene rings is 1. The smallest absolute Gasteiger partial charge is 0.338 e. The first-order valence-corrected chi connectivity index (χ1v) is 14.2. The summed E-state index contributed by atoms with van der Waals surface area (Å²) in [4.78, 5) is 33.8. The van der Waals surface area contributed by atoms with Crippen molar-refractivity contribution in [2.45, 2.75) is 26.4 Å². The van der Waals surface area contributed by atoms with Gasteiger partial charge in [-0.1, -0.05) is 65.9 Å². The summed E-state index contributed by atoms with van der Waals surface area (Å²) in [6.07, 6.45) is 4.03. The first-order valence-electron chi connectivity index (χ1n) is 12.5. The van der Waals surface area contributed by atoms with Gasteiger partial charge < -0.3 is 9.30 Å². The molecule has 0 saturated heterocycles. The van der Waals surface area contributed by atoms with Gasteiger partial charge in [0, 0.05) is 39.6 Å². The molecule has 1 aliphatic heterocycles. The topological polar surface area (TPSA) is 65.6 Å². The van der Waals surface area contributed by atoms with E-state index < -0.39 is 12.0 Å². The van der Waals surface area contributed by atoms with E-state index in [-0.39, 0.29) is 12.2 Å². The minimum absolute atomic E-state index is 0.172. The number of para-hydroxylation sites is 1. The molecule has 1 atom stereocenters. The average molecular weight is 540 g/mol. The lowest BCUT2D eigenvalue weighted by molar-refractivity contribution is -0.138. The predicted octanol–water partition coefficient (Wildman–Crippen LogP) is 4.97. The highest BCUT2D eigenvalue weighted by atomic mass is 32.1. The van der Waals surface area contributed by atoms with E-state index in [1.54, 1.807) is 11.5 Å². The number of nitrogens with zero attached hydrogens (tertiary/aromatic N) is 3. The lowest BCUT2D eigenvalue weighted by atomic mass is 9.97. The largest absolute Gasteiger partial charge is 0.463 e. The van der Waals surface area contributed by atoms with Gasteiger partial charge in [-0.3, -0.25) is 9.36 Å². The Morgan fingerprint density at radius 1 is 1.05 bits per heavy atom. The van der Waals surface area contributed by atoms with E-state index >= 15 is 0 Å². The normalized spacial score (nSPS) is 15.5. The zero-order chi connectivity index (χ0) is 26.2. The van der Waals surface area contributed by atoms with Crippen LogP contribution in [-0.2, 0) is 16.1 Å². The van der Waals surface area contributed by atoms with Crippen LogP contribution < -0.4 is 14.9 Å². The van der Waals surface area contributed by atoms with Crippen LogP contribution in [0.1, 0.15) is 35.9 Å². The van der Waals surface area contributed by atoms with Crippen LogP contribution in [0, 0.1) is 0 Å². The van der Waals surface area contributed by atoms with Crippen LogP contribution in [0.4, 0.5) is 0 Å². The second kappa shape index (κ2) is 10.0. The maximum Gasteiger partial charge on any atom is 0.338 e. The van der Waals surface area contributed by atoms with Crippen molar-refractivity contribution in [1.29, 1.82) is 0 Å². The molecule has 6 nitrogen and oxygen atoms in total. The number of carbonyl (C=O) groups is 1. The Bertz CT molecular complexity index is 1860. The molecule has 0 radical (unpaired) electrons. The maximum absolute atomic E-state index is 14.0. The number of hydrogen-bond donors (Lipinski definition) is 0. The highest BCUT2D eigenvalue weighted by Gasteiger charge is 2.35. The Hall–Kier alpha value is -4.01. The number of hydrogen-bond acceptors (Lipinski definition) is 6. The van der Waals surface area contributed by atoms with Crippen LogP contribution in [0.15, 0.2) is 93.7 Å². The number of fused-ring (bicyclic) bond motifs is 2. The Balaban J connectivity index is 1.64. The minimum atomic E-state index is -0.625. The third-order valence-corrected chi connectivity index (χ3v) is 8.54. The molecule has 0 aliphatic carbocycles. The van der Waals surface area contributed by atoms with Crippen molar-refractivity contribution >= 4 is 51.3 Å². The highest BCUT2D eigenvalue weighted by Crippen LogP contribution is 2.36. The number of thiazole rings is 1. The summed E-state index contributed by atoms with van der Waals surface area (Å²) < 4.78 is 9.91. The van der Waals surface area contributed by atoms with Gasteiger partial charge in [-0.2, -0.15) is 0 Å². The van der Waals surface area contributed by atoms with Crippen molar-refractivity contribution in [1.82, 2.24) is 9.13 Å². The van der Waals surface area contributed by atoms with Crippen LogP contribution in [0.3, 0.4) is 0 Å². The molecule has 5 aromatic rings. The Kier molecular flexibility index (Phi) is 6.43. The Morgan fingerprint density at radius 3 is 2.58 bits per heavy atom. The van der Waals surface area contributed by atoms with Gasteiger partial charge in [0.25, 0.3) is 5.56 Å². The van der Waals surface area contributed by atoms with Gasteiger partial charge in [0.1, 0.15) is 6.04 Å². The standard InChI is InChI=1S/C30H25N3O3S2/c1-3-32-18-20(21-13-8-9-14-22(21)32)17-24-28(34)33-27(23-15-10-16-37-23)25(29(35)36-4-2)26(31-30(33)38-24)19-11-6-5-7-12-19/h5-18,27H,3-4H2,1-2H3/b24-17-/t27-/m1/s1. The molecule has 0 bridgehead atoms. The lowest BCUT2D eigenvalue weighted by Gasteiger charge is -2.24. The van der Waals surface area contributed by atoms with Crippen molar-refractivity contribution < 1.29 is 9.53 Å². The van der Waals surface area contributed by atoms with Crippen LogP contribution in [0.5, 0.6) is 0 Å². The van der Waals surface area contributed by atoms with Crippen molar-refractivity contribution in [2.75, 3.05) is 6.61 Å². The van der Waals surface area contributed by atoms with Crippen molar-refractivity contribution in [3.8, 4) is 0 Å². The van der Waals surface area contributed by atoms with Crippen LogP contribution >= 0.6 is 22.7 Å². The minimum Gasteiger partial charge on any atom is -0.463 e. The van der Waals surface area contributed by atoms with Gasteiger partial charge in [-0.05, 0) is 37.4 Å². The van der Waals surface area contributed by atoms with Gasteiger partial charge in [0.2, 0.25) is 0 Å². The molecular weight excluding hydrogens is 514 g/mol. The lowest BCUT2D eigenvalue weighted by Crippen LogP contribution is -2.39. The predicted molar refractivity (Wildman–Crippen MR) is 153 cm³/mol. The molecule has 0 unspecified atom stereocenters. The van der Waals surface area contributed by atoms with E-state index in [4.69, 9.17) is 9.73 Å². The molecule has 0 spiro atoms. The monoisotopic (exact) mass is 539 g/mol. The molecule has 6 rings (SSSR count). The zero-order valence-corrected chi connectivity index (χ0v) is 22.6. The molecule has 0 fully saturated rings. The molecule has 2 aromatic carbocycles. The first-order chi connectivity index (χ1) is 18.6. The molecule has 0 amide bonds. The molecule has 3 aromatic heterocycles. The van der Waals surface area contributed by atoms with E-state index in [2.05, 4.69) is 29.8 Å². The van der Waals surface area contributed by atoms with Gasteiger partial charge >= 0.3 is 5.97 Å². The van der Waals surface area contributed by atoms with Crippen LogP contribution in [-0.4, -0.2) is 21.7 Å². The summed E-state index contributed by atoms with van der Waals surface area (Å²) >= 11 is 2.85. The number of benzene rings is 2. The highest BCUT2D eigenvalue weighted by molar-refractivity contribution is 7.10. The number of ether oxygens (including phenoxy) is 1. The van der Waals surface area contributed by atoms with E-state index in [0.29, 0.717) is 20.6 Å². The summed E-state index contributed by atoms with van der Waals surface area (Å²) in [5, 5.41) is 3.04. The number of aromatic nitrogens is 2. The summed E-state index contributed by atoms with van der Waals surface area (Å²) in [6, 6.07) is 21.1. The summed E-state index contributed by atoms with van der Waals surface area (Å²) in [7, 11) is 0. The van der Waals surface area contributed by atoms with E-state index in [9.17, 15) is 9.59 Å². The van der Waals surface area contributed by atoms with Gasteiger partial charge in [-0.15, -0.1) is 11.3 Å². The van der Waals surface area contributed by atoms with Gasteiger partial charge in [0.15, 0.2) is 4.80 Å². The van der Waals surface area contributed by atoms with Crippen LogP contribution in [0.2, 0.25) is 0 Å². The van der Waals surface area contributed by atoms with Crippen molar-refractivity contribution in [3.05, 3.63) is 120 Å². The molecule has 4 heterocycles. The second-order valence-corrected chi connectivity index (χ2v) is 10.8. The van der Waals surface area contributed by atoms with Crippen LogP contribution in [0.25, 0.3) is 22.7 Å². The third-order valence-electron chi connectivity index (χ3n) is 6.63. The molecule has 8 heteroatoms. The fraction of sp³-hybridized carbons (Fsp3) is 0.167. The van der Waals surface area contributed by atoms with Gasteiger partial charge in [0.05, 0.1) is 22.4 Å². The first kappa shape index (κ1) is 24.3. The second-order valence-electron chi connectivity index (χ2n) is 8.83. The molecule has 1 aliphatic rings. The SMILES string of the molecule is CCOC(=O)C1=C(c2ccccc2)N=c2s/c(=C\c3cn(CC)c4ccccc34)c(=O)n2[C@@H]1c1cccs1. The summed E-state index contributed by atoms with van der Waals surface area (Å²) in [6.45, 7) is 4.95. The maximum atomic E-state index is 14.0. The fourth-order valence-electron chi connectivity index (χ4n) is 4.95. The Morgan fingerprint density at radius 2 is 1.84 bits per heavy atom. The molecule has 0 saturated carbocycles. The molecule has 38 heavy (non-hydrogen) atoms. The van der Waals surface area contributed by atoms with E-state index in [0.717, 1.165) is 33.5 Å². The van der Waals surface area contributed by atoms with Crippen molar-refractivity contribution in [2.24, 2.45) is 4.99 Å². The number of carbonyl (C=O) groups excluding carboxylic acids is 1. The third kappa shape index (κ3) is 4.06. The zero-order valence-electron chi connectivity index (χ0n) is 21.0. The van der Waals surface area contributed by atoms with E-state index in [1.165, 1.54) is 22.7 Å². The fourth-order valence-corrected chi connectivity index (χ4v) is 6.76. The molecule has 190 valence electrons. The Labute approximate surface area is 227 Å². The van der Waals surface area contributed by atoms with E-state index in [1.807, 2.05) is 66.1 Å².